The highest BCUT2D eigenvalue weighted by molar-refractivity contribution is 5.89. The molecule has 2 amide bonds. The number of rotatable bonds is 4. The lowest BCUT2D eigenvalue weighted by Crippen LogP contribution is -2.32. The van der Waals surface area contributed by atoms with Gasteiger partial charge in [-0.3, -0.25) is 0 Å². The van der Waals surface area contributed by atoms with E-state index in [0.717, 1.165) is 11.1 Å². The maximum atomic E-state index is 13.5. The molecule has 22 heavy (non-hydrogen) atoms. The van der Waals surface area contributed by atoms with Gasteiger partial charge >= 0.3 is 6.03 Å². The van der Waals surface area contributed by atoms with Crippen molar-refractivity contribution in [2.75, 3.05) is 11.9 Å². The number of hydrogen-bond acceptors (Lipinski definition) is 2. The molecule has 0 aliphatic heterocycles. The fraction of sp³-hybridized carbons (Fsp3) is 0.235. The second-order valence-electron chi connectivity index (χ2n) is 5.25. The molecule has 0 aromatic heterocycles. The number of carbonyl (C=O) groups excluding carboxylic acids is 1. The SMILES string of the molecule is Cc1cc(C)cc(NC(=O)NCC(O)c2ccccc2F)c1. The Hall–Kier alpha value is -2.40. The van der Waals surface area contributed by atoms with Crippen LogP contribution in [0.15, 0.2) is 42.5 Å². The molecule has 0 radical (unpaired) electrons. The topological polar surface area (TPSA) is 61.4 Å². The van der Waals surface area contributed by atoms with Gasteiger partial charge in [0.2, 0.25) is 0 Å². The second-order valence-corrected chi connectivity index (χ2v) is 5.25. The predicted molar refractivity (Wildman–Crippen MR) is 84.3 cm³/mol. The molecule has 0 fully saturated rings. The van der Waals surface area contributed by atoms with Gasteiger partial charge in [-0.1, -0.05) is 24.3 Å². The smallest absolute Gasteiger partial charge is 0.319 e. The molecule has 3 N–H and O–H groups in total. The summed E-state index contributed by atoms with van der Waals surface area (Å²) in [7, 11) is 0. The van der Waals surface area contributed by atoms with Crippen molar-refractivity contribution >= 4 is 11.7 Å². The molecule has 2 rings (SSSR count). The number of amides is 2. The minimum atomic E-state index is -1.09. The summed E-state index contributed by atoms with van der Waals surface area (Å²) >= 11 is 0. The Balaban J connectivity index is 1.91. The van der Waals surface area contributed by atoms with Gasteiger partial charge in [0.15, 0.2) is 0 Å². The van der Waals surface area contributed by atoms with Gasteiger partial charge in [-0.25, -0.2) is 9.18 Å². The van der Waals surface area contributed by atoms with Crippen molar-refractivity contribution in [1.29, 1.82) is 0 Å². The van der Waals surface area contributed by atoms with Crippen LogP contribution in [0.1, 0.15) is 22.8 Å². The van der Waals surface area contributed by atoms with E-state index in [9.17, 15) is 14.3 Å². The van der Waals surface area contributed by atoms with Gasteiger partial charge in [0, 0.05) is 17.8 Å². The van der Waals surface area contributed by atoms with Crippen molar-refractivity contribution < 1.29 is 14.3 Å². The van der Waals surface area contributed by atoms with Crippen LogP contribution < -0.4 is 10.6 Å². The first-order valence-corrected chi connectivity index (χ1v) is 7.01. The molecule has 0 heterocycles. The molecule has 0 spiro atoms. The standard InChI is InChI=1S/C17H19FN2O2/c1-11-7-12(2)9-13(8-11)20-17(22)19-10-16(21)14-5-3-4-6-15(14)18/h3-9,16,21H,10H2,1-2H3,(H2,19,20,22). The number of aliphatic hydroxyl groups excluding tert-OH is 1. The number of nitrogens with one attached hydrogen (secondary N) is 2. The Morgan fingerprint density at radius 1 is 1.18 bits per heavy atom. The van der Waals surface area contributed by atoms with E-state index in [1.165, 1.54) is 12.1 Å². The first kappa shape index (κ1) is 16.0. The van der Waals surface area contributed by atoms with Gasteiger partial charge in [-0.05, 0) is 43.2 Å². The number of carbonyl (C=O) groups is 1. The molecule has 2 aromatic rings. The van der Waals surface area contributed by atoms with E-state index in [1.54, 1.807) is 12.1 Å². The Labute approximate surface area is 129 Å². The van der Waals surface area contributed by atoms with E-state index in [4.69, 9.17) is 0 Å². The van der Waals surface area contributed by atoms with Crippen molar-refractivity contribution in [3.63, 3.8) is 0 Å². The predicted octanol–water partition coefficient (Wildman–Crippen LogP) is 3.30. The quantitative estimate of drug-likeness (QED) is 0.811. The first-order chi connectivity index (χ1) is 10.5. The average Bonchev–Trinajstić information content (AvgIpc) is 2.44. The Kier molecular flexibility index (Phi) is 5.12. The highest BCUT2D eigenvalue weighted by atomic mass is 19.1. The number of hydrogen-bond donors (Lipinski definition) is 3. The molecule has 116 valence electrons. The van der Waals surface area contributed by atoms with Crippen LogP contribution in [-0.2, 0) is 0 Å². The zero-order chi connectivity index (χ0) is 16.1. The molecule has 0 saturated carbocycles. The molecule has 0 bridgehead atoms. The third-order valence-electron chi connectivity index (χ3n) is 3.20. The minimum Gasteiger partial charge on any atom is -0.386 e. The molecule has 1 unspecified atom stereocenters. The summed E-state index contributed by atoms with van der Waals surface area (Å²) in [6.07, 6.45) is -1.09. The van der Waals surface area contributed by atoms with Crippen LogP contribution in [0.25, 0.3) is 0 Å². The van der Waals surface area contributed by atoms with Gasteiger partial charge in [0.25, 0.3) is 0 Å². The van der Waals surface area contributed by atoms with Gasteiger partial charge in [-0.15, -0.1) is 0 Å². The average molecular weight is 302 g/mol. The molecule has 4 nitrogen and oxygen atoms in total. The number of aliphatic hydroxyl groups is 1. The van der Waals surface area contributed by atoms with Crippen LogP contribution in [0, 0.1) is 19.7 Å². The normalized spacial score (nSPS) is 11.8. The summed E-state index contributed by atoms with van der Waals surface area (Å²) < 4.78 is 13.5. The summed E-state index contributed by atoms with van der Waals surface area (Å²) in [6, 6.07) is 11.2. The van der Waals surface area contributed by atoms with Gasteiger partial charge < -0.3 is 15.7 Å². The van der Waals surface area contributed by atoms with Crippen molar-refractivity contribution in [2.45, 2.75) is 20.0 Å². The van der Waals surface area contributed by atoms with E-state index in [1.807, 2.05) is 32.0 Å². The van der Waals surface area contributed by atoms with Gasteiger partial charge in [0.1, 0.15) is 5.82 Å². The monoisotopic (exact) mass is 302 g/mol. The summed E-state index contributed by atoms with van der Waals surface area (Å²) in [5.74, 6) is -0.494. The van der Waals surface area contributed by atoms with Gasteiger partial charge in [0.05, 0.1) is 6.10 Å². The van der Waals surface area contributed by atoms with Crippen LogP contribution in [0.3, 0.4) is 0 Å². The Morgan fingerprint density at radius 3 is 2.45 bits per heavy atom. The molecule has 0 aliphatic carbocycles. The highest BCUT2D eigenvalue weighted by Crippen LogP contribution is 2.16. The third-order valence-corrected chi connectivity index (χ3v) is 3.20. The zero-order valence-corrected chi connectivity index (χ0v) is 12.6. The first-order valence-electron chi connectivity index (χ1n) is 7.01. The molecular weight excluding hydrogens is 283 g/mol. The summed E-state index contributed by atoms with van der Waals surface area (Å²) in [4.78, 5) is 11.8. The van der Waals surface area contributed by atoms with Crippen LogP contribution in [0.4, 0.5) is 14.9 Å². The number of aryl methyl sites for hydroxylation is 2. The van der Waals surface area contributed by atoms with E-state index >= 15 is 0 Å². The van der Waals surface area contributed by atoms with E-state index < -0.39 is 18.0 Å². The van der Waals surface area contributed by atoms with Crippen molar-refractivity contribution in [3.05, 3.63) is 65.0 Å². The van der Waals surface area contributed by atoms with Crippen molar-refractivity contribution in [1.82, 2.24) is 5.32 Å². The van der Waals surface area contributed by atoms with Crippen molar-refractivity contribution in [2.24, 2.45) is 0 Å². The number of urea groups is 1. The zero-order valence-electron chi connectivity index (χ0n) is 12.6. The summed E-state index contributed by atoms with van der Waals surface area (Å²) in [5.41, 5.74) is 2.92. The third kappa shape index (κ3) is 4.30. The lowest BCUT2D eigenvalue weighted by atomic mass is 10.1. The maximum Gasteiger partial charge on any atom is 0.319 e. The van der Waals surface area contributed by atoms with E-state index in [0.29, 0.717) is 5.69 Å². The summed E-state index contributed by atoms with van der Waals surface area (Å²) in [6.45, 7) is 3.81. The lowest BCUT2D eigenvalue weighted by Gasteiger charge is -2.14. The molecule has 0 saturated heterocycles. The second kappa shape index (κ2) is 7.04. The summed E-state index contributed by atoms with van der Waals surface area (Å²) in [5, 5.41) is 15.1. The van der Waals surface area contributed by atoms with Crippen LogP contribution >= 0.6 is 0 Å². The minimum absolute atomic E-state index is 0.0719. The Morgan fingerprint density at radius 2 is 1.82 bits per heavy atom. The molecule has 2 aromatic carbocycles. The fourth-order valence-corrected chi connectivity index (χ4v) is 2.27. The molecular formula is C17H19FN2O2. The number of anilines is 1. The molecule has 5 heteroatoms. The van der Waals surface area contributed by atoms with Gasteiger partial charge in [-0.2, -0.15) is 0 Å². The highest BCUT2D eigenvalue weighted by Gasteiger charge is 2.13. The van der Waals surface area contributed by atoms with E-state index in [2.05, 4.69) is 10.6 Å². The molecule has 0 aliphatic rings. The number of benzene rings is 2. The van der Waals surface area contributed by atoms with E-state index in [-0.39, 0.29) is 12.1 Å². The van der Waals surface area contributed by atoms with Crippen LogP contribution in [-0.4, -0.2) is 17.7 Å². The lowest BCUT2D eigenvalue weighted by molar-refractivity contribution is 0.170. The largest absolute Gasteiger partial charge is 0.386 e. The van der Waals surface area contributed by atoms with Crippen LogP contribution in [0.2, 0.25) is 0 Å². The fourth-order valence-electron chi connectivity index (χ4n) is 2.27. The van der Waals surface area contributed by atoms with Crippen LogP contribution in [0.5, 0.6) is 0 Å². The number of halogens is 1. The Bertz CT molecular complexity index is 653. The van der Waals surface area contributed by atoms with Crippen molar-refractivity contribution in [3.8, 4) is 0 Å². The maximum absolute atomic E-state index is 13.5. The molecule has 1 atom stereocenters.